The Bertz CT molecular complexity index is 736. The molecule has 1 fully saturated rings. The zero-order chi connectivity index (χ0) is 17.6. The first-order valence-corrected chi connectivity index (χ1v) is 8.83. The van der Waals surface area contributed by atoms with E-state index in [4.69, 9.17) is 9.47 Å². The van der Waals surface area contributed by atoms with E-state index in [1.54, 1.807) is 7.11 Å². The summed E-state index contributed by atoms with van der Waals surface area (Å²) in [7, 11) is 1.64. The number of ether oxygens (including phenoxy) is 2. The minimum absolute atomic E-state index is 0.0964. The van der Waals surface area contributed by atoms with Gasteiger partial charge in [0.25, 0.3) is 5.91 Å². The van der Waals surface area contributed by atoms with Gasteiger partial charge in [-0.05, 0) is 62.1 Å². The lowest BCUT2D eigenvalue weighted by Crippen LogP contribution is -2.35. The summed E-state index contributed by atoms with van der Waals surface area (Å²) in [6.07, 6.45) is 3.39. The average molecular weight is 339 g/mol. The van der Waals surface area contributed by atoms with Gasteiger partial charge in [-0.3, -0.25) is 4.79 Å². The van der Waals surface area contributed by atoms with E-state index < -0.39 is 0 Å². The number of hydrogen-bond donors (Lipinski definition) is 0. The number of piperidine rings is 1. The lowest BCUT2D eigenvalue weighted by atomic mass is 10.1. The van der Waals surface area contributed by atoms with Gasteiger partial charge in [0.2, 0.25) is 0 Å². The Morgan fingerprint density at radius 2 is 1.88 bits per heavy atom. The highest BCUT2D eigenvalue weighted by Gasteiger charge is 2.19. The van der Waals surface area contributed by atoms with Crippen molar-refractivity contribution in [1.82, 2.24) is 4.90 Å². The molecule has 0 aliphatic carbocycles. The molecule has 2 aromatic rings. The number of likely N-dealkylation sites (tertiary alicyclic amines) is 1. The molecular formula is C21H25NO3. The molecule has 0 bridgehead atoms. The third-order valence-corrected chi connectivity index (χ3v) is 4.55. The van der Waals surface area contributed by atoms with Crippen molar-refractivity contribution in [2.24, 2.45) is 0 Å². The smallest absolute Gasteiger partial charge is 0.253 e. The Kier molecular flexibility index (Phi) is 5.59. The fraction of sp³-hybridized carbons (Fsp3) is 0.381. The number of hydrogen-bond acceptors (Lipinski definition) is 3. The molecule has 0 spiro atoms. The summed E-state index contributed by atoms with van der Waals surface area (Å²) < 4.78 is 11.3. The minimum atomic E-state index is 0.0964. The van der Waals surface area contributed by atoms with E-state index in [1.807, 2.05) is 54.3 Å². The van der Waals surface area contributed by atoms with Gasteiger partial charge in [-0.2, -0.15) is 0 Å². The van der Waals surface area contributed by atoms with E-state index in [9.17, 15) is 4.79 Å². The first-order valence-electron chi connectivity index (χ1n) is 8.83. The van der Waals surface area contributed by atoms with Gasteiger partial charge in [0.1, 0.15) is 18.1 Å². The molecule has 1 aliphatic rings. The Morgan fingerprint density at radius 3 is 2.60 bits per heavy atom. The average Bonchev–Trinajstić information content (AvgIpc) is 2.66. The zero-order valence-electron chi connectivity index (χ0n) is 15.0. The number of benzene rings is 2. The van der Waals surface area contributed by atoms with E-state index in [2.05, 4.69) is 0 Å². The maximum absolute atomic E-state index is 12.7. The highest BCUT2D eigenvalue weighted by atomic mass is 16.5. The van der Waals surface area contributed by atoms with Gasteiger partial charge in [-0.1, -0.05) is 12.1 Å². The first-order chi connectivity index (χ1) is 12.2. The van der Waals surface area contributed by atoms with Crippen LogP contribution in [0.25, 0.3) is 0 Å². The van der Waals surface area contributed by atoms with Crippen molar-refractivity contribution < 1.29 is 14.3 Å². The third kappa shape index (κ3) is 4.32. The maximum Gasteiger partial charge on any atom is 0.253 e. The van der Waals surface area contributed by atoms with E-state index in [0.29, 0.717) is 12.2 Å². The summed E-state index contributed by atoms with van der Waals surface area (Å²) in [5.41, 5.74) is 2.73. The first kappa shape index (κ1) is 17.3. The molecule has 0 aromatic heterocycles. The molecule has 1 aliphatic heterocycles. The second kappa shape index (κ2) is 8.06. The van der Waals surface area contributed by atoms with E-state index in [0.717, 1.165) is 48.6 Å². The quantitative estimate of drug-likeness (QED) is 0.819. The monoisotopic (exact) mass is 339 g/mol. The van der Waals surface area contributed by atoms with Crippen molar-refractivity contribution >= 4 is 5.91 Å². The van der Waals surface area contributed by atoms with Crippen molar-refractivity contribution in [3.8, 4) is 11.5 Å². The Balaban J connectivity index is 1.76. The van der Waals surface area contributed by atoms with E-state index in [1.165, 1.54) is 6.42 Å². The molecule has 1 amide bonds. The molecule has 4 heteroatoms. The fourth-order valence-corrected chi connectivity index (χ4v) is 3.17. The van der Waals surface area contributed by atoms with Gasteiger partial charge < -0.3 is 14.4 Å². The number of rotatable bonds is 5. The molecular weight excluding hydrogens is 314 g/mol. The summed E-state index contributed by atoms with van der Waals surface area (Å²) in [6.45, 7) is 4.10. The topological polar surface area (TPSA) is 38.8 Å². The predicted octanol–water partition coefficient (Wildman–Crippen LogP) is 4.21. The Hall–Kier alpha value is -2.49. The molecule has 2 aromatic carbocycles. The Labute approximate surface area is 149 Å². The van der Waals surface area contributed by atoms with Gasteiger partial charge in [-0.25, -0.2) is 0 Å². The second-order valence-corrected chi connectivity index (χ2v) is 6.48. The Morgan fingerprint density at radius 1 is 1.08 bits per heavy atom. The number of amides is 1. The lowest BCUT2D eigenvalue weighted by Gasteiger charge is -2.27. The van der Waals surface area contributed by atoms with Crippen LogP contribution >= 0.6 is 0 Å². The molecule has 1 saturated heterocycles. The fourth-order valence-electron chi connectivity index (χ4n) is 3.17. The van der Waals surface area contributed by atoms with Crippen LogP contribution in [0.1, 0.15) is 40.7 Å². The lowest BCUT2D eigenvalue weighted by molar-refractivity contribution is 0.0724. The largest absolute Gasteiger partial charge is 0.496 e. The van der Waals surface area contributed by atoms with Crippen molar-refractivity contribution in [2.45, 2.75) is 32.8 Å². The highest BCUT2D eigenvalue weighted by molar-refractivity contribution is 5.94. The summed E-state index contributed by atoms with van der Waals surface area (Å²) in [4.78, 5) is 14.7. The van der Waals surface area contributed by atoms with Crippen molar-refractivity contribution in [1.29, 1.82) is 0 Å². The molecule has 0 N–H and O–H groups in total. The van der Waals surface area contributed by atoms with Crippen LogP contribution in [0.4, 0.5) is 0 Å². The van der Waals surface area contributed by atoms with Gasteiger partial charge >= 0.3 is 0 Å². The summed E-state index contributed by atoms with van der Waals surface area (Å²) in [6, 6.07) is 13.5. The summed E-state index contributed by atoms with van der Waals surface area (Å²) in [5.74, 6) is 1.65. The third-order valence-electron chi connectivity index (χ3n) is 4.55. The molecule has 0 saturated carbocycles. The van der Waals surface area contributed by atoms with Gasteiger partial charge in [0.05, 0.1) is 7.11 Å². The maximum atomic E-state index is 12.7. The minimum Gasteiger partial charge on any atom is -0.496 e. The second-order valence-electron chi connectivity index (χ2n) is 6.48. The van der Waals surface area contributed by atoms with Crippen LogP contribution in [0.15, 0.2) is 42.5 Å². The SMILES string of the molecule is COc1ccc(C(=O)N2CCCCC2)cc1COc1cccc(C)c1. The molecule has 132 valence electrons. The molecule has 25 heavy (non-hydrogen) atoms. The molecule has 0 unspecified atom stereocenters. The number of carbonyl (C=O) groups excluding carboxylic acids is 1. The van der Waals surface area contributed by atoms with Crippen LogP contribution in [-0.4, -0.2) is 31.0 Å². The van der Waals surface area contributed by atoms with Crippen LogP contribution in [0, 0.1) is 6.92 Å². The van der Waals surface area contributed by atoms with Crippen molar-refractivity contribution in [3.63, 3.8) is 0 Å². The number of methoxy groups -OCH3 is 1. The summed E-state index contributed by atoms with van der Waals surface area (Å²) in [5, 5.41) is 0. The molecule has 1 heterocycles. The highest BCUT2D eigenvalue weighted by Crippen LogP contribution is 2.24. The van der Waals surface area contributed by atoms with Gasteiger partial charge in [-0.15, -0.1) is 0 Å². The van der Waals surface area contributed by atoms with E-state index in [-0.39, 0.29) is 5.91 Å². The predicted molar refractivity (Wildman–Crippen MR) is 98.3 cm³/mol. The van der Waals surface area contributed by atoms with E-state index >= 15 is 0 Å². The van der Waals surface area contributed by atoms with Crippen LogP contribution in [0.2, 0.25) is 0 Å². The molecule has 0 atom stereocenters. The van der Waals surface area contributed by atoms with Gasteiger partial charge in [0, 0.05) is 24.2 Å². The van der Waals surface area contributed by atoms with Crippen molar-refractivity contribution in [2.75, 3.05) is 20.2 Å². The van der Waals surface area contributed by atoms with Gasteiger partial charge in [0.15, 0.2) is 0 Å². The van der Waals surface area contributed by atoms with Crippen LogP contribution in [0.5, 0.6) is 11.5 Å². The number of carbonyl (C=O) groups is 1. The normalized spacial score (nSPS) is 14.2. The van der Waals surface area contributed by atoms with Crippen LogP contribution < -0.4 is 9.47 Å². The van der Waals surface area contributed by atoms with Crippen LogP contribution in [-0.2, 0) is 6.61 Å². The van der Waals surface area contributed by atoms with Crippen molar-refractivity contribution in [3.05, 3.63) is 59.2 Å². The number of aryl methyl sites for hydroxylation is 1. The number of nitrogens with zero attached hydrogens (tertiary/aromatic N) is 1. The molecule has 4 nitrogen and oxygen atoms in total. The standard InChI is InChI=1S/C21H25NO3/c1-16-7-6-8-19(13-16)25-15-18-14-17(9-10-20(18)24-2)21(23)22-11-4-3-5-12-22/h6-10,13-14H,3-5,11-12,15H2,1-2H3. The molecule has 3 rings (SSSR count). The molecule has 0 radical (unpaired) electrons. The summed E-state index contributed by atoms with van der Waals surface area (Å²) >= 11 is 0. The zero-order valence-corrected chi connectivity index (χ0v) is 15.0. The van der Waals surface area contributed by atoms with Crippen LogP contribution in [0.3, 0.4) is 0 Å².